The predicted molar refractivity (Wildman–Crippen MR) is 47.3 cm³/mol. The van der Waals surface area contributed by atoms with Gasteiger partial charge < -0.3 is 5.32 Å². The normalized spacial score (nSPS) is 9.40. The van der Waals surface area contributed by atoms with Gasteiger partial charge in [-0.15, -0.1) is 0 Å². The maximum atomic E-state index is 4.93. The third-order valence-electron chi connectivity index (χ3n) is 1.44. The summed E-state index contributed by atoms with van der Waals surface area (Å²) >= 11 is 4.93. The van der Waals surface area contributed by atoms with E-state index >= 15 is 0 Å². The van der Waals surface area contributed by atoms with Gasteiger partial charge in [-0.25, -0.2) is 0 Å². The van der Waals surface area contributed by atoms with Crippen LogP contribution in [0.2, 0.25) is 0 Å². The van der Waals surface area contributed by atoms with Crippen molar-refractivity contribution >= 4 is 18.3 Å². The number of hydrogen-bond acceptors (Lipinski definition) is 1. The molecule has 1 radical (unpaired) electrons. The molecule has 53 valence electrons. The molecule has 0 aromatic heterocycles. The fourth-order valence-corrected chi connectivity index (χ4v) is 1.14. The molecule has 0 saturated heterocycles. The average molecular weight is 152 g/mol. The topological polar surface area (TPSA) is 12.0 Å². The van der Waals surface area contributed by atoms with Gasteiger partial charge in [-0.1, -0.05) is 30.8 Å². The van der Waals surface area contributed by atoms with Crippen LogP contribution in [0.25, 0.3) is 0 Å². The van der Waals surface area contributed by atoms with Gasteiger partial charge in [0.2, 0.25) is 0 Å². The Hall–Kier alpha value is -0.630. The molecule has 0 fully saturated rings. The van der Waals surface area contributed by atoms with Crippen molar-refractivity contribution in [3.8, 4) is 0 Å². The van der Waals surface area contributed by atoms with Crippen LogP contribution in [0.5, 0.6) is 0 Å². The standard InChI is InChI=1S/C8H10NS/c1-9-8-5-3-2-4-7(8)6-10/h2-5,9H,6H2,1H3. The second kappa shape index (κ2) is 3.52. The van der Waals surface area contributed by atoms with Gasteiger partial charge in [0.15, 0.2) is 0 Å². The largest absolute Gasteiger partial charge is 0.388 e. The molecule has 1 rings (SSSR count). The molecule has 0 spiro atoms. The van der Waals surface area contributed by atoms with Crippen molar-refractivity contribution in [2.75, 3.05) is 12.4 Å². The number of hydrogen-bond donors (Lipinski definition) is 1. The third kappa shape index (κ3) is 1.45. The first kappa shape index (κ1) is 7.48. The molecule has 0 bridgehead atoms. The van der Waals surface area contributed by atoms with E-state index in [1.165, 1.54) is 5.56 Å². The summed E-state index contributed by atoms with van der Waals surface area (Å²) in [5.41, 5.74) is 2.33. The molecule has 0 atom stereocenters. The van der Waals surface area contributed by atoms with Gasteiger partial charge in [0.1, 0.15) is 0 Å². The molecule has 0 aliphatic rings. The Morgan fingerprint density at radius 1 is 1.40 bits per heavy atom. The number of anilines is 1. The van der Waals surface area contributed by atoms with Gasteiger partial charge in [-0.3, -0.25) is 0 Å². The van der Waals surface area contributed by atoms with Crippen LogP contribution in [0.15, 0.2) is 24.3 Å². The van der Waals surface area contributed by atoms with Gasteiger partial charge in [-0.2, -0.15) is 0 Å². The van der Waals surface area contributed by atoms with Crippen molar-refractivity contribution in [2.24, 2.45) is 0 Å². The summed E-state index contributed by atoms with van der Waals surface area (Å²) in [5, 5.41) is 3.08. The van der Waals surface area contributed by atoms with Crippen LogP contribution in [-0.4, -0.2) is 7.05 Å². The third-order valence-corrected chi connectivity index (χ3v) is 1.75. The minimum Gasteiger partial charge on any atom is -0.388 e. The van der Waals surface area contributed by atoms with Crippen LogP contribution < -0.4 is 5.32 Å². The second-order valence-electron chi connectivity index (χ2n) is 2.05. The Kier molecular flexibility index (Phi) is 2.63. The molecule has 1 aromatic carbocycles. The molecule has 1 aromatic rings. The predicted octanol–water partition coefficient (Wildman–Crippen LogP) is 2.43. The number of nitrogens with one attached hydrogen (secondary N) is 1. The summed E-state index contributed by atoms with van der Waals surface area (Å²) in [5.74, 6) is 0.678. The van der Waals surface area contributed by atoms with Crippen LogP contribution in [-0.2, 0) is 5.75 Å². The van der Waals surface area contributed by atoms with Crippen molar-refractivity contribution in [1.82, 2.24) is 0 Å². The molecular formula is C8H10NS. The molecule has 0 aliphatic heterocycles. The van der Waals surface area contributed by atoms with Gasteiger partial charge in [-0.05, 0) is 11.6 Å². The molecular weight excluding hydrogens is 142 g/mol. The lowest BCUT2D eigenvalue weighted by Gasteiger charge is -2.03. The van der Waals surface area contributed by atoms with E-state index in [0.29, 0.717) is 5.75 Å². The van der Waals surface area contributed by atoms with Crippen LogP contribution in [0.1, 0.15) is 5.56 Å². The Morgan fingerprint density at radius 3 is 2.60 bits per heavy atom. The fourth-order valence-electron chi connectivity index (χ4n) is 0.890. The minimum absolute atomic E-state index is 0.678. The number of para-hydroxylation sites is 1. The summed E-state index contributed by atoms with van der Waals surface area (Å²) in [7, 11) is 1.91. The highest BCUT2D eigenvalue weighted by Gasteiger charge is 1.94. The Morgan fingerprint density at radius 2 is 2.10 bits per heavy atom. The van der Waals surface area contributed by atoms with E-state index in [2.05, 4.69) is 5.32 Å². The maximum Gasteiger partial charge on any atom is 0.0378 e. The lowest BCUT2D eigenvalue weighted by atomic mass is 10.2. The summed E-state index contributed by atoms with van der Waals surface area (Å²) in [6, 6.07) is 8.07. The van der Waals surface area contributed by atoms with Crippen molar-refractivity contribution in [3.63, 3.8) is 0 Å². The van der Waals surface area contributed by atoms with Crippen LogP contribution in [0, 0.1) is 0 Å². The van der Waals surface area contributed by atoms with E-state index in [1.807, 2.05) is 31.3 Å². The van der Waals surface area contributed by atoms with Crippen molar-refractivity contribution in [3.05, 3.63) is 29.8 Å². The van der Waals surface area contributed by atoms with Gasteiger partial charge in [0.05, 0.1) is 0 Å². The summed E-state index contributed by atoms with van der Waals surface area (Å²) in [6.45, 7) is 0. The Labute approximate surface area is 66.9 Å². The van der Waals surface area contributed by atoms with E-state index < -0.39 is 0 Å². The molecule has 1 nitrogen and oxygen atoms in total. The highest BCUT2D eigenvalue weighted by molar-refractivity contribution is 7.79. The Balaban J connectivity index is 2.96. The van der Waals surface area contributed by atoms with Crippen molar-refractivity contribution in [2.45, 2.75) is 5.75 Å². The maximum absolute atomic E-state index is 4.93. The zero-order chi connectivity index (χ0) is 7.40. The van der Waals surface area contributed by atoms with E-state index in [0.717, 1.165) is 5.69 Å². The first-order valence-electron chi connectivity index (χ1n) is 3.22. The van der Waals surface area contributed by atoms with Gasteiger partial charge in [0, 0.05) is 18.5 Å². The zero-order valence-corrected chi connectivity index (χ0v) is 6.74. The molecule has 0 aliphatic carbocycles. The van der Waals surface area contributed by atoms with Crippen LogP contribution in [0.3, 0.4) is 0 Å². The molecule has 0 saturated carbocycles. The van der Waals surface area contributed by atoms with Gasteiger partial charge >= 0.3 is 0 Å². The average Bonchev–Trinajstić information content (AvgIpc) is 2.04. The molecule has 0 unspecified atom stereocenters. The molecule has 1 N–H and O–H groups in total. The van der Waals surface area contributed by atoms with E-state index in [9.17, 15) is 0 Å². The van der Waals surface area contributed by atoms with Crippen LogP contribution in [0.4, 0.5) is 5.69 Å². The van der Waals surface area contributed by atoms with Crippen molar-refractivity contribution < 1.29 is 0 Å². The summed E-state index contributed by atoms with van der Waals surface area (Å²) in [4.78, 5) is 0. The Bertz CT molecular complexity index is 187. The van der Waals surface area contributed by atoms with Crippen LogP contribution >= 0.6 is 12.6 Å². The zero-order valence-electron chi connectivity index (χ0n) is 5.92. The lowest BCUT2D eigenvalue weighted by molar-refractivity contribution is 1.38. The summed E-state index contributed by atoms with van der Waals surface area (Å²) in [6.07, 6.45) is 0. The first-order valence-corrected chi connectivity index (χ1v) is 3.80. The first-order chi connectivity index (χ1) is 4.88. The fraction of sp³-hybridized carbons (Fsp3) is 0.250. The second-order valence-corrected chi connectivity index (χ2v) is 2.34. The molecule has 0 amide bonds. The number of benzene rings is 1. The lowest BCUT2D eigenvalue weighted by Crippen LogP contribution is -1.91. The van der Waals surface area contributed by atoms with E-state index in [-0.39, 0.29) is 0 Å². The number of rotatable bonds is 2. The highest BCUT2D eigenvalue weighted by Crippen LogP contribution is 2.15. The molecule has 0 heterocycles. The summed E-state index contributed by atoms with van der Waals surface area (Å²) < 4.78 is 0. The monoisotopic (exact) mass is 152 g/mol. The highest BCUT2D eigenvalue weighted by atomic mass is 32.1. The molecule has 10 heavy (non-hydrogen) atoms. The van der Waals surface area contributed by atoms with E-state index in [1.54, 1.807) is 0 Å². The SMILES string of the molecule is CNc1ccccc1C[S]. The quantitative estimate of drug-likeness (QED) is 0.686. The smallest absolute Gasteiger partial charge is 0.0378 e. The van der Waals surface area contributed by atoms with Gasteiger partial charge in [0.25, 0.3) is 0 Å². The molecule has 2 heteroatoms. The van der Waals surface area contributed by atoms with Crippen molar-refractivity contribution in [1.29, 1.82) is 0 Å². The minimum atomic E-state index is 0.678. The van der Waals surface area contributed by atoms with E-state index in [4.69, 9.17) is 12.6 Å².